The lowest BCUT2D eigenvalue weighted by Gasteiger charge is -2.10. The number of rotatable bonds is 6. The van der Waals surface area contributed by atoms with Gasteiger partial charge in [-0.25, -0.2) is 0 Å². The van der Waals surface area contributed by atoms with Crippen LogP contribution in [0.4, 0.5) is 5.69 Å². The number of carbonyl (C=O) groups is 1. The molecular formula is C22H23NO4. The van der Waals surface area contributed by atoms with Crippen molar-refractivity contribution in [3.05, 3.63) is 71.0 Å². The first-order chi connectivity index (χ1) is 12.9. The standard InChI is InChI=1S/C22H23NO4/c1-14-8-15(2)10-19(9-14)26-13-22(25)23-17-4-6-20(16(3)11-17)21-7-5-18(12-24)27-21/h4-11,24H,12-13H2,1-3H3,(H,23,25). The highest BCUT2D eigenvalue weighted by atomic mass is 16.5. The molecule has 2 N–H and O–H groups in total. The maximum Gasteiger partial charge on any atom is 0.262 e. The molecule has 1 aromatic heterocycles. The molecule has 0 spiro atoms. The molecule has 0 aliphatic heterocycles. The normalized spacial score (nSPS) is 10.7. The fourth-order valence-corrected chi connectivity index (χ4v) is 2.99. The molecule has 0 unspecified atom stereocenters. The number of hydrogen-bond acceptors (Lipinski definition) is 4. The van der Waals surface area contributed by atoms with E-state index < -0.39 is 0 Å². The van der Waals surface area contributed by atoms with Crippen molar-refractivity contribution < 1.29 is 19.1 Å². The van der Waals surface area contributed by atoms with Crippen LogP contribution in [0.1, 0.15) is 22.5 Å². The van der Waals surface area contributed by atoms with Crippen molar-refractivity contribution in [3.8, 4) is 17.1 Å². The Morgan fingerprint density at radius 3 is 2.41 bits per heavy atom. The van der Waals surface area contributed by atoms with Gasteiger partial charge < -0.3 is 19.6 Å². The first-order valence-electron chi connectivity index (χ1n) is 8.76. The van der Waals surface area contributed by atoms with Gasteiger partial charge in [-0.2, -0.15) is 0 Å². The zero-order valence-corrected chi connectivity index (χ0v) is 15.7. The summed E-state index contributed by atoms with van der Waals surface area (Å²) in [4.78, 5) is 12.2. The minimum atomic E-state index is -0.220. The Kier molecular flexibility index (Phi) is 5.62. The molecule has 3 rings (SSSR count). The van der Waals surface area contributed by atoms with E-state index in [-0.39, 0.29) is 19.1 Å². The van der Waals surface area contributed by atoms with Gasteiger partial charge in [0.15, 0.2) is 6.61 Å². The molecule has 0 radical (unpaired) electrons. The largest absolute Gasteiger partial charge is 0.484 e. The van der Waals surface area contributed by atoms with Gasteiger partial charge in [0, 0.05) is 11.3 Å². The average Bonchev–Trinajstić information content (AvgIpc) is 3.08. The molecule has 0 bridgehead atoms. The van der Waals surface area contributed by atoms with Crippen LogP contribution in [0.3, 0.4) is 0 Å². The Hall–Kier alpha value is -3.05. The molecule has 0 aliphatic rings. The lowest BCUT2D eigenvalue weighted by atomic mass is 10.1. The highest BCUT2D eigenvalue weighted by Crippen LogP contribution is 2.27. The number of aliphatic hydroxyl groups is 1. The number of carbonyl (C=O) groups excluding carboxylic acids is 1. The summed E-state index contributed by atoms with van der Waals surface area (Å²) >= 11 is 0. The van der Waals surface area contributed by atoms with Crippen molar-refractivity contribution in [2.45, 2.75) is 27.4 Å². The van der Waals surface area contributed by atoms with Crippen molar-refractivity contribution in [1.29, 1.82) is 0 Å². The molecule has 3 aromatic rings. The molecule has 2 aromatic carbocycles. The Labute approximate surface area is 158 Å². The summed E-state index contributed by atoms with van der Waals surface area (Å²) < 4.78 is 11.2. The summed E-state index contributed by atoms with van der Waals surface area (Å²) in [6, 6.07) is 15.0. The van der Waals surface area contributed by atoms with Crippen LogP contribution in [0.2, 0.25) is 0 Å². The Bertz CT molecular complexity index is 938. The zero-order chi connectivity index (χ0) is 19.4. The van der Waals surface area contributed by atoms with Gasteiger partial charge in [-0.05, 0) is 79.9 Å². The van der Waals surface area contributed by atoms with Gasteiger partial charge in [-0.15, -0.1) is 0 Å². The van der Waals surface area contributed by atoms with Crippen molar-refractivity contribution in [2.75, 3.05) is 11.9 Å². The van der Waals surface area contributed by atoms with Gasteiger partial charge >= 0.3 is 0 Å². The van der Waals surface area contributed by atoms with Crippen molar-refractivity contribution in [1.82, 2.24) is 0 Å². The summed E-state index contributed by atoms with van der Waals surface area (Å²) in [5.74, 6) is 1.67. The van der Waals surface area contributed by atoms with E-state index in [0.717, 1.165) is 22.3 Å². The van der Waals surface area contributed by atoms with Crippen LogP contribution >= 0.6 is 0 Å². The second-order valence-corrected chi connectivity index (χ2v) is 6.61. The van der Waals surface area contributed by atoms with E-state index in [2.05, 4.69) is 11.4 Å². The summed E-state index contributed by atoms with van der Waals surface area (Å²) in [7, 11) is 0. The lowest BCUT2D eigenvalue weighted by Crippen LogP contribution is -2.20. The monoisotopic (exact) mass is 365 g/mol. The summed E-state index contributed by atoms with van der Waals surface area (Å²) in [6.07, 6.45) is 0. The van der Waals surface area contributed by atoms with Crippen molar-refractivity contribution >= 4 is 11.6 Å². The van der Waals surface area contributed by atoms with Gasteiger partial charge in [-0.1, -0.05) is 6.07 Å². The van der Waals surface area contributed by atoms with Crippen LogP contribution in [0.5, 0.6) is 5.75 Å². The summed E-state index contributed by atoms with van der Waals surface area (Å²) in [5, 5.41) is 12.0. The van der Waals surface area contributed by atoms with Crippen LogP contribution in [0.15, 0.2) is 52.9 Å². The van der Waals surface area contributed by atoms with Crippen LogP contribution in [-0.2, 0) is 11.4 Å². The number of hydrogen-bond donors (Lipinski definition) is 2. The minimum absolute atomic E-state index is 0.0538. The van der Waals surface area contributed by atoms with E-state index >= 15 is 0 Å². The third kappa shape index (κ3) is 4.77. The first kappa shape index (κ1) is 18.7. The molecule has 5 nitrogen and oxygen atoms in total. The third-order valence-electron chi connectivity index (χ3n) is 4.16. The van der Waals surface area contributed by atoms with Crippen LogP contribution in [-0.4, -0.2) is 17.6 Å². The summed E-state index contributed by atoms with van der Waals surface area (Å²) in [6.45, 7) is 5.74. The van der Waals surface area contributed by atoms with E-state index in [1.165, 1.54) is 0 Å². The fraction of sp³-hybridized carbons (Fsp3) is 0.227. The maximum atomic E-state index is 12.2. The van der Waals surface area contributed by atoms with Crippen LogP contribution in [0.25, 0.3) is 11.3 Å². The van der Waals surface area contributed by atoms with Gasteiger partial charge in [-0.3, -0.25) is 4.79 Å². The zero-order valence-electron chi connectivity index (χ0n) is 15.7. The predicted octanol–water partition coefficient (Wildman–Crippen LogP) is 4.38. The van der Waals surface area contributed by atoms with Gasteiger partial charge in [0.05, 0.1) is 0 Å². The average molecular weight is 365 g/mol. The Morgan fingerprint density at radius 1 is 1.04 bits per heavy atom. The number of aliphatic hydroxyl groups excluding tert-OH is 1. The van der Waals surface area contributed by atoms with E-state index in [9.17, 15) is 4.79 Å². The number of nitrogens with one attached hydrogen (secondary N) is 1. The van der Waals surface area contributed by atoms with E-state index in [4.69, 9.17) is 14.3 Å². The molecule has 0 saturated carbocycles. The molecule has 27 heavy (non-hydrogen) atoms. The molecule has 0 fully saturated rings. The van der Waals surface area contributed by atoms with Crippen LogP contribution < -0.4 is 10.1 Å². The van der Waals surface area contributed by atoms with E-state index in [1.54, 1.807) is 6.07 Å². The lowest BCUT2D eigenvalue weighted by molar-refractivity contribution is -0.118. The second kappa shape index (κ2) is 8.10. The van der Waals surface area contributed by atoms with Crippen molar-refractivity contribution in [2.24, 2.45) is 0 Å². The van der Waals surface area contributed by atoms with Crippen molar-refractivity contribution in [3.63, 3.8) is 0 Å². The van der Waals surface area contributed by atoms with Gasteiger partial charge in [0.25, 0.3) is 5.91 Å². The molecular weight excluding hydrogens is 342 g/mol. The minimum Gasteiger partial charge on any atom is -0.484 e. The quantitative estimate of drug-likeness (QED) is 0.680. The topological polar surface area (TPSA) is 71.7 Å². The Balaban J connectivity index is 1.63. The SMILES string of the molecule is Cc1cc(C)cc(OCC(=O)Nc2ccc(-c3ccc(CO)o3)c(C)c2)c1. The maximum absolute atomic E-state index is 12.2. The smallest absolute Gasteiger partial charge is 0.262 e. The van der Waals surface area contributed by atoms with Gasteiger partial charge in [0.1, 0.15) is 23.9 Å². The molecule has 1 heterocycles. The molecule has 5 heteroatoms. The Morgan fingerprint density at radius 2 is 1.78 bits per heavy atom. The second-order valence-electron chi connectivity index (χ2n) is 6.61. The van der Waals surface area contributed by atoms with Crippen LogP contribution in [0, 0.1) is 20.8 Å². The number of ether oxygens (including phenoxy) is 1. The molecule has 140 valence electrons. The number of benzene rings is 2. The highest BCUT2D eigenvalue weighted by Gasteiger charge is 2.10. The molecule has 0 saturated heterocycles. The first-order valence-corrected chi connectivity index (χ1v) is 8.76. The number of furan rings is 1. The molecule has 0 atom stereocenters. The fourth-order valence-electron chi connectivity index (χ4n) is 2.99. The van der Waals surface area contributed by atoms with Gasteiger partial charge in [0.2, 0.25) is 0 Å². The highest BCUT2D eigenvalue weighted by molar-refractivity contribution is 5.92. The number of aryl methyl sites for hydroxylation is 3. The summed E-state index contributed by atoms with van der Waals surface area (Å²) in [5.41, 5.74) is 4.76. The number of amides is 1. The third-order valence-corrected chi connectivity index (χ3v) is 4.16. The van der Waals surface area contributed by atoms with E-state index in [0.29, 0.717) is 23.0 Å². The van der Waals surface area contributed by atoms with E-state index in [1.807, 2.05) is 57.2 Å². The predicted molar refractivity (Wildman–Crippen MR) is 105 cm³/mol. The molecule has 0 aliphatic carbocycles. The number of anilines is 1. The molecule has 1 amide bonds.